The quantitative estimate of drug-likeness (QED) is 0.181. The Morgan fingerprint density at radius 3 is 1.61 bits per heavy atom. The van der Waals surface area contributed by atoms with Crippen molar-refractivity contribution in [3.8, 4) is 5.75 Å². The summed E-state index contributed by atoms with van der Waals surface area (Å²) in [7, 11) is 1.57. The van der Waals surface area contributed by atoms with E-state index in [0.29, 0.717) is 11.4 Å². The van der Waals surface area contributed by atoms with Crippen molar-refractivity contribution >= 4 is 29.5 Å². The number of nitrogens with zero attached hydrogens (tertiary/aromatic N) is 2. The molecular formula is C36H32N2O6. The van der Waals surface area contributed by atoms with E-state index in [9.17, 15) is 14.4 Å². The lowest BCUT2D eigenvalue weighted by atomic mass is 9.91. The molecule has 4 aromatic rings. The van der Waals surface area contributed by atoms with Gasteiger partial charge in [-0.25, -0.2) is 0 Å². The maximum absolute atomic E-state index is 14.0. The Morgan fingerprint density at radius 2 is 1.11 bits per heavy atom. The summed E-state index contributed by atoms with van der Waals surface area (Å²) in [5.41, 5.74) is 3.25. The predicted molar refractivity (Wildman–Crippen MR) is 165 cm³/mol. The van der Waals surface area contributed by atoms with E-state index in [-0.39, 0.29) is 19.1 Å². The number of imide groups is 1. The third-order valence-corrected chi connectivity index (χ3v) is 7.81. The first-order valence-electron chi connectivity index (χ1n) is 14.4. The van der Waals surface area contributed by atoms with Gasteiger partial charge in [0, 0.05) is 5.69 Å². The molecule has 2 saturated heterocycles. The molecule has 2 fully saturated rings. The lowest BCUT2D eigenvalue weighted by Gasteiger charge is -2.48. The molecule has 222 valence electrons. The maximum Gasteiger partial charge on any atom is 0.262 e. The van der Waals surface area contributed by atoms with E-state index in [0.717, 1.165) is 21.6 Å². The third-order valence-electron chi connectivity index (χ3n) is 7.81. The average molecular weight is 589 g/mol. The number of likely N-dealkylation sites (tertiary alicyclic amines) is 1. The molecule has 2 aliphatic rings. The lowest BCUT2D eigenvalue weighted by Crippen LogP contribution is -2.71. The molecule has 0 spiro atoms. The molecule has 44 heavy (non-hydrogen) atoms. The van der Waals surface area contributed by atoms with Gasteiger partial charge in [0.25, 0.3) is 17.7 Å². The minimum Gasteiger partial charge on any atom is -0.497 e. The van der Waals surface area contributed by atoms with E-state index in [4.69, 9.17) is 14.2 Å². The number of anilines is 1. The van der Waals surface area contributed by atoms with Gasteiger partial charge in [0.1, 0.15) is 11.8 Å². The van der Waals surface area contributed by atoms with Crippen LogP contribution in [0.3, 0.4) is 0 Å². The smallest absolute Gasteiger partial charge is 0.262 e. The summed E-state index contributed by atoms with van der Waals surface area (Å²) in [5, 5.41) is 0. The van der Waals surface area contributed by atoms with Crippen molar-refractivity contribution in [2.45, 2.75) is 37.5 Å². The zero-order chi connectivity index (χ0) is 30.5. The van der Waals surface area contributed by atoms with Crippen LogP contribution in [0.4, 0.5) is 5.69 Å². The molecule has 4 aromatic carbocycles. The van der Waals surface area contributed by atoms with Gasteiger partial charge in [-0.15, -0.1) is 0 Å². The molecule has 4 atom stereocenters. The summed E-state index contributed by atoms with van der Waals surface area (Å²) < 4.78 is 17.4. The molecule has 0 aliphatic carbocycles. The molecule has 4 unspecified atom stereocenters. The standard InChI is InChI=1S/C36H32N2O6/c1-42-29-20-18-28(19-21-29)37-30(22-17-25-11-5-2-6-12-25)31(34(37)39)38-35(40)32(43-23-26-13-7-3-8-14-26)33(36(38)41)44-24-27-15-9-4-10-16-27/h2-22,30-33H,23-24H2,1H3. The second-order valence-corrected chi connectivity index (χ2v) is 10.6. The maximum atomic E-state index is 14.0. The fourth-order valence-electron chi connectivity index (χ4n) is 5.52. The number of hydrogen-bond donors (Lipinski definition) is 0. The zero-order valence-electron chi connectivity index (χ0n) is 24.2. The predicted octanol–water partition coefficient (Wildman–Crippen LogP) is 5.03. The number of carbonyl (C=O) groups excluding carboxylic acids is 3. The molecule has 3 amide bonds. The molecular weight excluding hydrogens is 556 g/mol. The Kier molecular flexibility index (Phi) is 8.63. The molecule has 6 rings (SSSR count). The number of benzene rings is 4. The first-order valence-corrected chi connectivity index (χ1v) is 14.4. The van der Waals surface area contributed by atoms with Crippen molar-refractivity contribution < 1.29 is 28.6 Å². The molecule has 0 N–H and O–H groups in total. The van der Waals surface area contributed by atoms with Gasteiger partial charge >= 0.3 is 0 Å². The van der Waals surface area contributed by atoms with Gasteiger partial charge in [-0.1, -0.05) is 103 Å². The number of carbonyl (C=O) groups is 3. The molecule has 0 aromatic heterocycles. The Bertz CT molecular complexity index is 1560. The van der Waals surface area contributed by atoms with Crippen LogP contribution in [-0.2, 0) is 37.1 Å². The summed E-state index contributed by atoms with van der Waals surface area (Å²) >= 11 is 0. The van der Waals surface area contributed by atoms with Crippen molar-refractivity contribution in [3.05, 3.63) is 138 Å². The van der Waals surface area contributed by atoms with Gasteiger partial charge in [-0.2, -0.15) is 0 Å². The summed E-state index contributed by atoms with van der Waals surface area (Å²) in [5.74, 6) is -0.897. The molecule has 8 nitrogen and oxygen atoms in total. The molecule has 8 heteroatoms. The first-order chi connectivity index (χ1) is 21.5. The van der Waals surface area contributed by atoms with Gasteiger partial charge in [0.2, 0.25) is 0 Å². The monoisotopic (exact) mass is 588 g/mol. The highest BCUT2D eigenvalue weighted by atomic mass is 16.6. The van der Waals surface area contributed by atoms with Crippen molar-refractivity contribution in [3.63, 3.8) is 0 Å². The van der Waals surface area contributed by atoms with Gasteiger partial charge in [-0.3, -0.25) is 19.3 Å². The number of methoxy groups -OCH3 is 1. The van der Waals surface area contributed by atoms with E-state index in [1.807, 2.05) is 103 Å². The molecule has 0 saturated carbocycles. The summed E-state index contributed by atoms with van der Waals surface area (Å²) in [6.45, 7) is 0.217. The highest BCUT2D eigenvalue weighted by Gasteiger charge is 2.60. The Hall–Kier alpha value is -5.05. The van der Waals surface area contributed by atoms with Crippen molar-refractivity contribution in [2.75, 3.05) is 12.0 Å². The highest BCUT2D eigenvalue weighted by molar-refractivity contribution is 6.16. The van der Waals surface area contributed by atoms with E-state index in [1.165, 1.54) is 0 Å². The minimum atomic E-state index is -1.20. The van der Waals surface area contributed by atoms with Crippen molar-refractivity contribution in [1.29, 1.82) is 0 Å². The van der Waals surface area contributed by atoms with Crippen LogP contribution in [0.15, 0.2) is 121 Å². The zero-order valence-corrected chi connectivity index (χ0v) is 24.2. The van der Waals surface area contributed by atoms with Crippen LogP contribution in [0.25, 0.3) is 6.08 Å². The molecule has 2 heterocycles. The topological polar surface area (TPSA) is 85.4 Å². The number of rotatable bonds is 11. The van der Waals surface area contributed by atoms with E-state index >= 15 is 0 Å². The van der Waals surface area contributed by atoms with Crippen LogP contribution in [0.5, 0.6) is 5.75 Å². The SMILES string of the molecule is COc1ccc(N2C(=O)C(N3C(=O)C(OCc4ccccc4)C(OCc4ccccc4)C3=O)C2C=Cc2ccccc2)cc1. The second kappa shape index (κ2) is 13.1. The summed E-state index contributed by atoms with van der Waals surface area (Å²) in [6, 6.07) is 33.9. The van der Waals surface area contributed by atoms with E-state index < -0.39 is 36.1 Å². The van der Waals surface area contributed by atoms with Gasteiger partial charge in [-0.05, 0) is 41.0 Å². The second-order valence-electron chi connectivity index (χ2n) is 10.6. The van der Waals surface area contributed by atoms with Crippen LogP contribution in [0.2, 0.25) is 0 Å². The van der Waals surface area contributed by atoms with Gasteiger partial charge < -0.3 is 19.1 Å². The normalized spacial score (nSPS) is 21.6. The van der Waals surface area contributed by atoms with Gasteiger partial charge in [0.15, 0.2) is 12.2 Å². The number of hydrogen-bond acceptors (Lipinski definition) is 6. The minimum absolute atomic E-state index is 0.109. The fourth-order valence-corrected chi connectivity index (χ4v) is 5.52. The Balaban J connectivity index is 1.30. The number of β-lactam (4-membered cyclic amide) rings is 1. The molecule has 2 aliphatic heterocycles. The summed E-state index contributed by atoms with van der Waals surface area (Å²) in [6.07, 6.45) is 1.34. The van der Waals surface area contributed by atoms with E-state index in [1.54, 1.807) is 36.3 Å². The lowest BCUT2D eigenvalue weighted by molar-refractivity contribution is -0.153. The number of amides is 3. The summed E-state index contributed by atoms with van der Waals surface area (Å²) in [4.78, 5) is 44.4. The molecule has 0 radical (unpaired) electrons. The largest absolute Gasteiger partial charge is 0.497 e. The van der Waals surface area contributed by atoms with Crippen LogP contribution >= 0.6 is 0 Å². The fraction of sp³-hybridized carbons (Fsp3) is 0.194. The van der Waals surface area contributed by atoms with Crippen LogP contribution in [0, 0.1) is 0 Å². The average Bonchev–Trinajstić information content (AvgIpc) is 3.30. The Labute approximate surface area is 256 Å². The van der Waals surface area contributed by atoms with Crippen LogP contribution in [-0.4, -0.2) is 54.0 Å². The third kappa shape index (κ3) is 5.90. The van der Waals surface area contributed by atoms with Crippen molar-refractivity contribution in [2.24, 2.45) is 0 Å². The van der Waals surface area contributed by atoms with Crippen LogP contribution < -0.4 is 9.64 Å². The number of ether oxygens (including phenoxy) is 3. The van der Waals surface area contributed by atoms with Crippen LogP contribution in [0.1, 0.15) is 16.7 Å². The first kappa shape index (κ1) is 29.0. The van der Waals surface area contributed by atoms with Gasteiger partial charge in [0.05, 0.1) is 26.4 Å². The Morgan fingerprint density at radius 1 is 0.614 bits per heavy atom. The highest BCUT2D eigenvalue weighted by Crippen LogP contribution is 2.37. The van der Waals surface area contributed by atoms with Crippen molar-refractivity contribution in [1.82, 2.24) is 4.90 Å². The molecule has 0 bridgehead atoms. The van der Waals surface area contributed by atoms with E-state index in [2.05, 4.69) is 0 Å².